The van der Waals surface area contributed by atoms with Crippen molar-refractivity contribution in [1.29, 1.82) is 0 Å². The molecule has 0 spiro atoms. The van der Waals surface area contributed by atoms with Crippen LogP contribution in [0.4, 0.5) is 0 Å². The number of carbonyl (C=O) groups excluding carboxylic acids is 2. The first-order valence-electron chi connectivity index (χ1n) is 8.29. The van der Waals surface area contributed by atoms with Crippen molar-refractivity contribution in [2.75, 3.05) is 6.54 Å². The van der Waals surface area contributed by atoms with Gasteiger partial charge in [-0.1, -0.05) is 0 Å². The molecule has 27 heavy (non-hydrogen) atoms. The molecule has 0 aliphatic carbocycles. The number of hydrogen-bond acceptors (Lipinski definition) is 7. The molecule has 2 fully saturated rings. The van der Waals surface area contributed by atoms with Crippen LogP contribution >= 0.6 is 0 Å². The van der Waals surface area contributed by atoms with Crippen LogP contribution < -0.4 is 22.1 Å². The number of carbonyl (C=O) groups is 5. The third-order valence-corrected chi connectivity index (χ3v) is 3.68. The predicted octanol–water partition coefficient (Wildman–Crippen LogP) is -2.16. The Morgan fingerprint density at radius 2 is 1.74 bits per heavy atom. The Balaban J connectivity index is 0.000000377. The van der Waals surface area contributed by atoms with Crippen molar-refractivity contribution in [2.45, 2.75) is 56.7 Å². The SMILES string of the molecule is NC(=O)[C@@H]1CCCN1.N[C@@H](CCC(=O)O)C(=O)O.O=C1CC[C@@H](C(=O)O)N1. The minimum atomic E-state index is -1.17. The fraction of sp³-hybridized carbons (Fsp3) is 0.667. The van der Waals surface area contributed by atoms with Gasteiger partial charge in [-0.2, -0.15) is 0 Å². The van der Waals surface area contributed by atoms with Crippen molar-refractivity contribution in [2.24, 2.45) is 11.5 Å². The highest BCUT2D eigenvalue weighted by Gasteiger charge is 2.26. The molecule has 0 aromatic rings. The molecule has 12 heteroatoms. The maximum Gasteiger partial charge on any atom is 0.326 e. The minimum Gasteiger partial charge on any atom is -0.481 e. The number of primary amides is 1. The van der Waals surface area contributed by atoms with Gasteiger partial charge in [-0.15, -0.1) is 0 Å². The molecule has 2 aliphatic rings. The maximum atomic E-state index is 10.4. The lowest BCUT2D eigenvalue weighted by Gasteiger charge is -2.01. The second-order valence-electron chi connectivity index (χ2n) is 5.93. The van der Waals surface area contributed by atoms with E-state index in [0.29, 0.717) is 12.8 Å². The number of nitrogens with two attached hydrogens (primary N) is 2. The van der Waals surface area contributed by atoms with Crippen LogP contribution in [-0.4, -0.2) is 69.7 Å². The number of rotatable bonds is 6. The van der Waals surface area contributed by atoms with E-state index in [-0.39, 0.29) is 30.7 Å². The Labute approximate surface area is 155 Å². The zero-order valence-corrected chi connectivity index (χ0v) is 14.7. The number of aliphatic carboxylic acids is 3. The molecule has 2 aliphatic heterocycles. The van der Waals surface area contributed by atoms with Crippen LogP contribution in [0.5, 0.6) is 0 Å². The molecule has 0 aromatic carbocycles. The van der Waals surface area contributed by atoms with Gasteiger partial charge in [0.2, 0.25) is 11.8 Å². The van der Waals surface area contributed by atoms with E-state index in [2.05, 4.69) is 10.6 Å². The highest BCUT2D eigenvalue weighted by atomic mass is 16.4. The summed E-state index contributed by atoms with van der Waals surface area (Å²) in [4.78, 5) is 50.7. The quantitative estimate of drug-likeness (QED) is 0.260. The molecule has 9 N–H and O–H groups in total. The van der Waals surface area contributed by atoms with Gasteiger partial charge in [-0.25, -0.2) is 4.79 Å². The first kappa shape index (κ1) is 24.3. The fourth-order valence-electron chi connectivity index (χ4n) is 2.13. The van der Waals surface area contributed by atoms with Crippen LogP contribution in [0, 0.1) is 0 Å². The zero-order chi connectivity index (χ0) is 21.0. The molecule has 154 valence electrons. The molecular formula is C15H26N4O8. The van der Waals surface area contributed by atoms with E-state index in [4.69, 9.17) is 26.8 Å². The number of amides is 2. The highest BCUT2D eigenvalue weighted by Crippen LogP contribution is 2.05. The highest BCUT2D eigenvalue weighted by molar-refractivity contribution is 5.87. The summed E-state index contributed by atoms with van der Waals surface area (Å²) in [6, 6.07) is -1.75. The lowest BCUT2D eigenvalue weighted by Crippen LogP contribution is -2.36. The van der Waals surface area contributed by atoms with Crippen LogP contribution in [0.3, 0.4) is 0 Å². The molecule has 12 nitrogen and oxygen atoms in total. The van der Waals surface area contributed by atoms with E-state index in [1.54, 1.807) is 0 Å². The standard InChI is InChI=1S/C5H10N2O.C5H9NO4.C5H7NO3/c6-5(8)4-2-1-3-7-4;6-3(5(9)10)1-2-4(7)8;7-4-2-1-3(6-4)5(8)9/h4,7H,1-3H2,(H2,6,8);3H,1-2,6H2,(H,7,8)(H,9,10);3H,1-2H2,(H,6,7)(H,8,9)/t4-;2*3-/m000/s1. The van der Waals surface area contributed by atoms with Crippen molar-refractivity contribution in [1.82, 2.24) is 10.6 Å². The van der Waals surface area contributed by atoms with Crippen LogP contribution in [0.25, 0.3) is 0 Å². The molecule has 2 heterocycles. The average molecular weight is 390 g/mol. The van der Waals surface area contributed by atoms with Gasteiger partial charge >= 0.3 is 17.9 Å². The van der Waals surface area contributed by atoms with Crippen molar-refractivity contribution in [3.05, 3.63) is 0 Å². The normalized spacial score (nSPS) is 21.6. The van der Waals surface area contributed by atoms with Crippen LogP contribution in [-0.2, 0) is 24.0 Å². The Hall–Kier alpha value is -2.73. The summed E-state index contributed by atoms with van der Waals surface area (Å²) in [5.41, 5.74) is 10.00. The van der Waals surface area contributed by atoms with Gasteiger partial charge in [-0.05, 0) is 32.2 Å². The topological polar surface area (TPSA) is 222 Å². The van der Waals surface area contributed by atoms with Gasteiger partial charge in [-0.3, -0.25) is 19.2 Å². The van der Waals surface area contributed by atoms with Gasteiger partial charge in [0.05, 0.1) is 6.04 Å². The van der Waals surface area contributed by atoms with Crippen LogP contribution in [0.2, 0.25) is 0 Å². The number of hydrogen-bond donors (Lipinski definition) is 7. The molecular weight excluding hydrogens is 364 g/mol. The third kappa shape index (κ3) is 11.5. The van der Waals surface area contributed by atoms with E-state index in [9.17, 15) is 24.0 Å². The van der Waals surface area contributed by atoms with Gasteiger partial charge in [0, 0.05) is 12.8 Å². The van der Waals surface area contributed by atoms with E-state index in [1.165, 1.54) is 0 Å². The van der Waals surface area contributed by atoms with E-state index in [1.807, 2.05) is 0 Å². The molecule has 2 amide bonds. The predicted molar refractivity (Wildman–Crippen MR) is 91.5 cm³/mol. The molecule has 2 rings (SSSR count). The summed E-state index contributed by atoms with van der Waals surface area (Å²) < 4.78 is 0. The van der Waals surface area contributed by atoms with Crippen molar-refractivity contribution in [3.63, 3.8) is 0 Å². The second kappa shape index (κ2) is 12.6. The van der Waals surface area contributed by atoms with Crippen molar-refractivity contribution >= 4 is 29.7 Å². The molecule has 0 unspecified atom stereocenters. The maximum absolute atomic E-state index is 10.4. The van der Waals surface area contributed by atoms with E-state index >= 15 is 0 Å². The Bertz CT molecular complexity index is 548. The molecule has 2 saturated heterocycles. The van der Waals surface area contributed by atoms with Gasteiger partial charge in [0.15, 0.2) is 0 Å². The summed E-state index contributed by atoms with van der Waals surface area (Å²) in [6.45, 7) is 0.938. The molecule has 0 saturated carbocycles. The summed E-state index contributed by atoms with van der Waals surface area (Å²) >= 11 is 0. The van der Waals surface area contributed by atoms with Gasteiger partial charge in [0.25, 0.3) is 0 Å². The number of nitrogens with one attached hydrogen (secondary N) is 2. The first-order chi connectivity index (χ1) is 12.5. The van der Waals surface area contributed by atoms with Crippen molar-refractivity contribution < 1.29 is 39.3 Å². The van der Waals surface area contributed by atoms with Gasteiger partial charge < -0.3 is 37.4 Å². The lowest BCUT2D eigenvalue weighted by atomic mass is 10.2. The zero-order valence-electron chi connectivity index (χ0n) is 14.7. The van der Waals surface area contributed by atoms with E-state index in [0.717, 1.165) is 19.4 Å². The Kier molecular flexibility index (Phi) is 11.3. The Morgan fingerprint density at radius 3 is 2.00 bits per heavy atom. The minimum absolute atomic E-state index is 0.0231. The summed E-state index contributed by atoms with van der Waals surface area (Å²) in [7, 11) is 0. The second-order valence-corrected chi connectivity index (χ2v) is 5.93. The van der Waals surface area contributed by atoms with Crippen LogP contribution in [0.1, 0.15) is 38.5 Å². The first-order valence-corrected chi connectivity index (χ1v) is 8.29. The fourth-order valence-corrected chi connectivity index (χ4v) is 2.13. The largest absolute Gasteiger partial charge is 0.481 e. The Morgan fingerprint density at radius 1 is 1.11 bits per heavy atom. The van der Waals surface area contributed by atoms with E-state index < -0.39 is 30.0 Å². The average Bonchev–Trinajstić information content (AvgIpc) is 3.25. The molecule has 3 atom stereocenters. The summed E-state index contributed by atoms with van der Waals surface area (Å²) in [5.74, 6) is -3.52. The monoisotopic (exact) mass is 390 g/mol. The van der Waals surface area contributed by atoms with Crippen molar-refractivity contribution in [3.8, 4) is 0 Å². The van der Waals surface area contributed by atoms with Gasteiger partial charge in [0.1, 0.15) is 12.1 Å². The number of carboxylic acids is 3. The summed E-state index contributed by atoms with van der Waals surface area (Å²) in [5, 5.41) is 29.9. The molecule has 0 aromatic heterocycles. The lowest BCUT2D eigenvalue weighted by molar-refractivity contribution is -0.141. The third-order valence-electron chi connectivity index (χ3n) is 3.68. The molecule has 0 bridgehead atoms. The summed E-state index contributed by atoms with van der Waals surface area (Å²) in [6.07, 6.45) is 2.53. The smallest absolute Gasteiger partial charge is 0.326 e. The van der Waals surface area contributed by atoms with Crippen LogP contribution in [0.15, 0.2) is 0 Å². The number of carboxylic acid groups (broad SMARTS) is 3. The molecule has 0 radical (unpaired) electrons.